The summed E-state index contributed by atoms with van der Waals surface area (Å²) in [6, 6.07) is 5.02. The van der Waals surface area contributed by atoms with E-state index in [2.05, 4.69) is 48.1 Å². The molecule has 1 N–H and O–H groups in total. The monoisotopic (exact) mass is 277 g/mol. The molecule has 0 radical (unpaired) electrons. The van der Waals surface area contributed by atoms with E-state index in [1.807, 2.05) is 13.1 Å². The summed E-state index contributed by atoms with van der Waals surface area (Å²) < 4.78 is 6.03. The van der Waals surface area contributed by atoms with Crippen LogP contribution in [0.5, 0.6) is 0 Å². The van der Waals surface area contributed by atoms with Crippen LogP contribution in [-0.2, 0) is 4.74 Å². The second-order valence-corrected chi connectivity index (χ2v) is 5.77. The molecule has 1 aromatic rings. The lowest BCUT2D eigenvalue weighted by molar-refractivity contribution is -0.0559. The highest BCUT2D eigenvalue weighted by Crippen LogP contribution is 2.23. The molecule has 2 heterocycles. The first-order chi connectivity index (χ1) is 9.61. The van der Waals surface area contributed by atoms with E-state index in [0.29, 0.717) is 6.04 Å². The molecule has 0 amide bonds. The van der Waals surface area contributed by atoms with Crippen LogP contribution in [0.3, 0.4) is 0 Å². The van der Waals surface area contributed by atoms with Crippen LogP contribution >= 0.6 is 0 Å². The highest BCUT2D eigenvalue weighted by atomic mass is 16.5. The topological polar surface area (TPSA) is 37.4 Å². The average Bonchev–Trinajstić information content (AvgIpc) is 2.46. The first kappa shape index (κ1) is 15.4. The van der Waals surface area contributed by atoms with E-state index in [0.717, 1.165) is 31.9 Å². The summed E-state index contributed by atoms with van der Waals surface area (Å²) in [4.78, 5) is 6.91. The lowest BCUT2D eigenvalue weighted by atomic mass is 10.0. The molecule has 1 aliphatic rings. The lowest BCUT2D eigenvalue weighted by Gasteiger charge is -2.39. The Kier molecular flexibility index (Phi) is 5.52. The average molecular weight is 277 g/mol. The van der Waals surface area contributed by atoms with Crippen molar-refractivity contribution in [2.24, 2.45) is 0 Å². The summed E-state index contributed by atoms with van der Waals surface area (Å²) in [6.45, 7) is 12.4. The van der Waals surface area contributed by atoms with Crippen LogP contribution in [0.4, 0.5) is 0 Å². The number of aromatic nitrogens is 1. The van der Waals surface area contributed by atoms with Crippen LogP contribution in [0.2, 0.25) is 0 Å². The molecule has 4 heteroatoms. The number of morpholine rings is 1. The third-order valence-corrected chi connectivity index (χ3v) is 3.94. The van der Waals surface area contributed by atoms with E-state index in [-0.39, 0.29) is 12.1 Å². The van der Waals surface area contributed by atoms with Crippen molar-refractivity contribution in [3.63, 3.8) is 0 Å². The highest BCUT2D eigenvalue weighted by Gasteiger charge is 2.29. The standard InChI is InChI=1S/C16H27N3O/c1-5-17-16(14-7-6-13(4)18-10-14)15-11-19(12(2)3)8-9-20-15/h6-7,10,12,15-17H,5,8-9,11H2,1-4H3. The lowest BCUT2D eigenvalue weighted by Crippen LogP contribution is -2.50. The summed E-state index contributed by atoms with van der Waals surface area (Å²) in [7, 11) is 0. The predicted molar refractivity (Wildman–Crippen MR) is 81.8 cm³/mol. The molecule has 0 saturated carbocycles. The zero-order valence-electron chi connectivity index (χ0n) is 13.1. The van der Waals surface area contributed by atoms with Crippen molar-refractivity contribution in [3.05, 3.63) is 29.6 Å². The molecule has 0 aliphatic carbocycles. The number of rotatable bonds is 5. The fraction of sp³-hybridized carbons (Fsp3) is 0.688. The van der Waals surface area contributed by atoms with Crippen LogP contribution in [0.1, 0.15) is 38.1 Å². The maximum atomic E-state index is 6.03. The number of hydrogen-bond donors (Lipinski definition) is 1. The molecule has 0 aromatic carbocycles. The normalized spacial score (nSPS) is 22.1. The molecule has 4 nitrogen and oxygen atoms in total. The van der Waals surface area contributed by atoms with Gasteiger partial charge >= 0.3 is 0 Å². The second kappa shape index (κ2) is 7.16. The summed E-state index contributed by atoms with van der Waals surface area (Å²) in [6.07, 6.45) is 2.16. The van der Waals surface area contributed by atoms with Crippen LogP contribution in [0.15, 0.2) is 18.3 Å². The summed E-state index contributed by atoms with van der Waals surface area (Å²) in [5.41, 5.74) is 2.27. The van der Waals surface area contributed by atoms with E-state index >= 15 is 0 Å². The first-order valence-electron chi connectivity index (χ1n) is 7.63. The van der Waals surface area contributed by atoms with E-state index in [9.17, 15) is 0 Å². The number of pyridine rings is 1. The zero-order valence-corrected chi connectivity index (χ0v) is 13.1. The largest absolute Gasteiger partial charge is 0.374 e. The van der Waals surface area contributed by atoms with E-state index in [4.69, 9.17) is 4.74 Å². The van der Waals surface area contributed by atoms with Gasteiger partial charge in [0.05, 0.1) is 18.8 Å². The summed E-state index contributed by atoms with van der Waals surface area (Å²) in [5, 5.41) is 3.56. The van der Waals surface area contributed by atoms with Gasteiger partial charge in [0, 0.05) is 31.0 Å². The number of aryl methyl sites for hydroxylation is 1. The van der Waals surface area contributed by atoms with Crippen molar-refractivity contribution in [2.45, 2.75) is 45.9 Å². The molecule has 20 heavy (non-hydrogen) atoms. The zero-order chi connectivity index (χ0) is 14.5. The van der Waals surface area contributed by atoms with E-state index in [1.54, 1.807) is 0 Å². The minimum Gasteiger partial charge on any atom is -0.374 e. The minimum atomic E-state index is 0.190. The number of ether oxygens (including phenoxy) is 1. The summed E-state index contributed by atoms with van der Waals surface area (Å²) in [5.74, 6) is 0. The third-order valence-electron chi connectivity index (χ3n) is 3.94. The molecule has 0 bridgehead atoms. The Bertz CT molecular complexity index is 405. The SMILES string of the molecule is CCNC(c1ccc(C)nc1)C1CN(C(C)C)CCO1. The van der Waals surface area contributed by atoms with E-state index < -0.39 is 0 Å². The molecular formula is C16H27N3O. The van der Waals surface area contributed by atoms with Gasteiger partial charge in [0.1, 0.15) is 0 Å². The van der Waals surface area contributed by atoms with Crippen LogP contribution in [0.25, 0.3) is 0 Å². The fourth-order valence-corrected chi connectivity index (χ4v) is 2.71. The second-order valence-electron chi connectivity index (χ2n) is 5.77. The van der Waals surface area contributed by atoms with E-state index in [1.165, 1.54) is 5.56 Å². The molecule has 2 rings (SSSR count). The fourth-order valence-electron chi connectivity index (χ4n) is 2.71. The van der Waals surface area contributed by atoms with Gasteiger partial charge in [0.25, 0.3) is 0 Å². The Hall–Kier alpha value is -0.970. The Morgan fingerprint density at radius 3 is 2.85 bits per heavy atom. The smallest absolute Gasteiger partial charge is 0.0897 e. The Balaban J connectivity index is 2.13. The van der Waals surface area contributed by atoms with Gasteiger partial charge in [-0.3, -0.25) is 9.88 Å². The maximum Gasteiger partial charge on any atom is 0.0897 e. The van der Waals surface area contributed by atoms with Gasteiger partial charge in [0.15, 0.2) is 0 Å². The van der Waals surface area contributed by atoms with Gasteiger partial charge < -0.3 is 10.1 Å². The molecule has 2 atom stereocenters. The van der Waals surface area contributed by atoms with Crippen molar-refractivity contribution >= 4 is 0 Å². The van der Waals surface area contributed by atoms with Gasteiger partial charge in [0.2, 0.25) is 0 Å². The number of likely N-dealkylation sites (N-methyl/N-ethyl adjacent to an activating group) is 1. The number of nitrogens with one attached hydrogen (secondary N) is 1. The van der Waals surface area contributed by atoms with Gasteiger partial charge in [-0.1, -0.05) is 13.0 Å². The third kappa shape index (κ3) is 3.78. The first-order valence-corrected chi connectivity index (χ1v) is 7.63. The minimum absolute atomic E-state index is 0.190. The van der Waals surface area contributed by atoms with Crippen molar-refractivity contribution in [1.82, 2.24) is 15.2 Å². The molecule has 1 aliphatic heterocycles. The Morgan fingerprint density at radius 1 is 1.45 bits per heavy atom. The predicted octanol–water partition coefficient (Wildman–Crippen LogP) is 2.15. The van der Waals surface area contributed by atoms with Crippen molar-refractivity contribution in [1.29, 1.82) is 0 Å². The van der Waals surface area contributed by atoms with Gasteiger partial charge in [-0.05, 0) is 38.9 Å². The van der Waals surface area contributed by atoms with Crippen molar-refractivity contribution in [2.75, 3.05) is 26.2 Å². The molecule has 1 aromatic heterocycles. The van der Waals surface area contributed by atoms with Crippen molar-refractivity contribution < 1.29 is 4.74 Å². The molecule has 1 saturated heterocycles. The Morgan fingerprint density at radius 2 is 2.25 bits per heavy atom. The van der Waals surface area contributed by atoms with Gasteiger partial charge in [-0.25, -0.2) is 0 Å². The highest BCUT2D eigenvalue weighted by molar-refractivity contribution is 5.19. The Labute approximate surface area is 122 Å². The molecule has 0 spiro atoms. The number of hydrogen-bond acceptors (Lipinski definition) is 4. The van der Waals surface area contributed by atoms with Crippen LogP contribution < -0.4 is 5.32 Å². The maximum absolute atomic E-state index is 6.03. The molecule has 1 fully saturated rings. The van der Waals surface area contributed by atoms with Crippen molar-refractivity contribution in [3.8, 4) is 0 Å². The van der Waals surface area contributed by atoms with Crippen LogP contribution in [-0.4, -0.2) is 48.3 Å². The molecular weight excluding hydrogens is 250 g/mol. The molecule has 2 unspecified atom stereocenters. The quantitative estimate of drug-likeness (QED) is 0.895. The molecule has 112 valence electrons. The number of nitrogens with zero attached hydrogens (tertiary/aromatic N) is 2. The van der Waals surface area contributed by atoms with Crippen LogP contribution in [0, 0.1) is 6.92 Å². The van der Waals surface area contributed by atoms with Gasteiger partial charge in [-0.15, -0.1) is 0 Å². The summed E-state index contributed by atoms with van der Waals surface area (Å²) >= 11 is 0. The van der Waals surface area contributed by atoms with Gasteiger partial charge in [-0.2, -0.15) is 0 Å².